The van der Waals surface area contributed by atoms with Gasteiger partial charge in [-0.25, -0.2) is 9.78 Å². The average molecular weight is 499 g/mol. The Labute approximate surface area is 211 Å². The molecule has 0 aliphatic carbocycles. The minimum absolute atomic E-state index is 0.0866. The van der Waals surface area contributed by atoms with Crippen molar-refractivity contribution in [1.29, 1.82) is 0 Å². The van der Waals surface area contributed by atoms with E-state index in [4.69, 9.17) is 14.2 Å². The standard InChI is InChI=1S/C27H34N2O7/c1-16(2)26(32)36-24-17(3)35-27(33)20(12-8-11-19(24)15-18-9-6-5-7-10-18)29-25(31)22-23(30)21(34-4)13-14-28-22/h5-7,9-10,13-14,16-17,19-20,24,30H,8,11-12,15H2,1-4H3,(H,29,31)/t17-,19+,20-,24-/m0/s1. The molecular weight excluding hydrogens is 464 g/mol. The summed E-state index contributed by atoms with van der Waals surface area (Å²) in [6.45, 7) is 5.22. The van der Waals surface area contributed by atoms with Crippen LogP contribution in [-0.4, -0.2) is 53.3 Å². The van der Waals surface area contributed by atoms with Crippen LogP contribution < -0.4 is 10.1 Å². The third-order valence-electron chi connectivity index (χ3n) is 6.27. The molecule has 2 N–H and O–H groups in total. The first-order valence-corrected chi connectivity index (χ1v) is 12.2. The molecule has 3 rings (SSSR count). The van der Waals surface area contributed by atoms with Crippen LogP contribution in [-0.2, 0) is 25.5 Å². The summed E-state index contributed by atoms with van der Waals surface area (Å²) >= 11 is 0. The van der Waals surface area contributed by atoms with E-state index < -0.39 is 35.9 Å². The molecule has 0 radical (unpaired) electrons. The molecule has 1 aliphatic rings. The summed E-state index contributed by atoms with van der Waals surface area (Å²) in [5, 5.41) is 12.9. The van der Waals surface area contributed by atoms with Crippen LogP contribution in [0.2, 0.25) is 0 Å². The molecule has 2 aromatic rings. The number of carbonyl (C=O) groups is 3. The van der Waals surface area contributed by atoms with E-state index in [1.54, 1.807) is 20.8 Å². The topological polar surface area (TPSA) is 124 Å². The quantitative estimate of drug-likeness (QED) is 0.557. The fourth-order valence-corrected chi connectivity index (χ4v) is 4.30. The van der Waals surface area contributed by atoms with Gasteiger partial charge in [0.25, 0.3) is 5.91 Å². The zero-order valence-corrected chi connectivity index (χ0v) is 21.1. The average Bonchev–Trinajstić information content (AvgIpc) is 2.90. The van der Waals surface area contributed by atoms with Gasteiger partial charge in [0.2, 0.25) is 0 Å². The summed E-state index contributed by atoms with van der Waals surface area (Å²) in [4.78, 5) is 42.3. The van der Waals surface area contributed by atoms with Crippen molar-refractivity contribution in [3.63, 3.8) is 0 Å². The van der Waals surface area contributed by atoms with Crippen molar-refractivity contribution in [2.75, 3.05) is 7.11 Å². The lowest BCUT2D eigenvalue weighted by Gasteiger charge is -2.31. The van der Waals surface area contributed by atoms with Crippen LogP contribution in [0.15, 0.2) is 42.6 Å². The monoisotopic (exact) mass is 498 g/mol. The number of cyclic esters (lactones) is 1. The van der Waals surface area contributed by atoms with Gasteiger partial charge in [0, 0.05) is 18.2 Å². The molecule has 0 saturated carbocycles. The Morgan fingerprint density at radius 2 is 1.92 bits per heavy atom. The van der Waals surface area contributed by atoms with Crippen molar-refractivity contribution in [1.82, 2.24) is 10.3 Å². The number of esters is 2. The van der Waals surface area contributed by atoms with Crippen molar-refractivity contribution in [2.45, 2.75) is 64.7 Å². The number of amides is 1. The second-order valence-electron chi connectivity index (χ2n) is 9.32. The molecule has 194 valence electrons. The molecule has 9 nitrogen and oxygen atoms in total. The van der Waals surface area contributed by atoms with Crippen LogP contribution in [0.4, 0.5) is 0 Å². The number of benzene rings is 1. The number of hydrogen-bond acceptors (Lipinski definition) is 8. The minimum atomic E-state index is -0.954. The van der Waals surface area contributed by atoms with Gasteiger partial charge in [0.1, 0.15) is 18.2 Å². The molecule has 0 unspecified atom stereocenters. The predicted molar refractivity (Wildman–Crippen MR) is 131 cm³/mol. The maximum atomic E-state index is 13.1. The highest BCUT2D eigenvalue weighted by molar-refractivity contribution is 5.97. The van der Waals surface area contributed by atoms with E-state index in [2.05, 4.69) is 10.3 Å². The third-order valence-corrected chi connectivity index (χ3v) is 6.27. The number of carbonyl (C=O) groups excluding carboxylic acids is 3. The van der Waals surface area contributed by atoms with Crippen molar-refractivity contribution >= 4 is 17.8 Å². The van der Waals surface area contributed by atoms with Crippen molar-refractivity contribution in [3.8, 4) is 11.5 Å². The molecule has 9 heteroatoms. The van der Waals surface area contributed by atoms with E-state index in [1.165, 1.54) is 19.4 Å². The fourth-order valence-electron chi connectivity index (χ4n) is 4.30. The second kappa shape index (κ2) is 12.4. The Hall–Kier alpha value is -3.62. The summed E-state index contributed by atoms with van der Waals surface area (Å²) in [5.41, 5.74) is 0.844. The molecule has 1 fully saturated rings. The van der Waals surface area contributed by atoms with E-state index >= 15 is 0 Å². The molecule has 1 aromatic carbocycles. The van der Waals surface area contributed by atoms with Crippen LogP contribution in [0.1, 0.15) is 56.1 Å². The number of ether oxygens (including phenoxy) is 3. The van der Waals surface area contributed by atoms with Gasteiger partial charge >= 0.3 is 11.9 Å². The Kier molecular flexibility index (Phi) is 9.27. The molecule has 2 heterocycles. The molecule has 0 bridgehead atoms. The Morgan fingerprint density at radius 1 is 1.19 bits per heavy atom. The molecule has 4 atom stereocenters. The second-order valence-corrected chi connectivity index (χ2v) is 9.32. The van der Waals surface area contributed by atoms with Crippen LogP contribution in [0.25, 0.3) is 0 Å². The highest BCUT2D eigenvalue weighted by Crippen LogP contribution is 2.30. The molecule has 0 spiro atoms. The van der Waals surface area contributed by atoms with E-state index in [0.29, 0.717) is 25.7 Å². The van der Waals surface area contributed by atoms with Gasteiger partial charge < -0.3 is 24.6 Å². The van der Waals surface area contributed by atoms with Gasteiger partial charge in [0.05, 0.1) is 13.0 Å². The van der Waals surface area contributed by atoms with E-state index in [-0.39, 0.29) is 29.2 Å². The number of aromatic nitrogens is 1. The van der Waals surface area contributed by atoms with Crippen LogP contribution in [0, 0.1) is 11.8 Å². The van der Waals surface area contributed by atoms with Crippen LogP contribution >= 0.6 is 0 Å². The summed E-state index contributed by atoms with van der Waals surface area (Å²) < 4.78 is 16.6. The van der Waals surface area contributed by atoms with Gasteiger partial charge in [-0.3, -0.25) is 9.59 Å². The van der Waals surface area contributed by atoms with E-state index in [9.17, 15) is 19.5 Å². The Morgan fingerprint density at radius 3 is 2.58 bits per heavy atom. The van der Waals surface area contributed by atoms with E-state index in [0.717, 1.165) is 5.56 Å². The highest BCUT2D eigenvalue weighted by Gasteiger charge is 2.37. The zero-order valence-electron chi connectivity index (χ0n) is 21.1. The Balaban J connectivity index is 1.81. The van der Waals surface area contributed by atoms with Crippen LogP contribution in [0.3, 0.4) is 0 Å². The van der Waals surface area contributed by atoms with Gasteiger partial charge in [0.15, 0.2) is 17.2 Å². The normalized spacial score (nSPS) is 22.5. The summed E-state index contributed by atoms with van der Waals surface area (Å²) in [5.74, 6) is -2.44. The molecule has 36 heavy (non-hydrogen) atoms. The smallest absolute Gasteiger partial charge is 0.329 e. The number of aromatic hydroxyl groups is 1. The number of nitrogens with one attached hydrogen (secondary N) is 1. The lowest BCUT2D eigenvalue weighted by molar-refractivity contribution is -0.173. The zero-order chi connectivity index (χ0) is 26.2. The maximum Gasteiger partial charge on any atom is 0.329 e. The lowest BCUT2D eigenvalue weighted by Crippen LogP contribution is -2.45. The van der Waals surface area contributed by atoms with Gasteiger partial charge in [-0.1, -0.05) is 50.6 Å². The number of nitrogens with zero attached hydrogens (tertiary/aromatic N) is 1. The summed E-state index contributed by atoms with van der Waals surface area (Å²) in [6.07, 6.45) is 2.17. The molecule has 1 aliphatic heterocycles. The van der Waals surface area contributed by atoms with Gasteiger partial charge in [-0.15, -0.1) is 0 Å². The fraction of sp³-hybridized carbons (Fsp3) is 0.481. The number of rotatable bonds is 7. The van der Waals surface area contributed by atoms with Crippen molar-refractivity contribution in [3.05, 3.63) is 53.9 Å². The summed E-state index contributed by atoms with van der Waals surface area (Å²) in [6, 6.07) is 10.4. The van der Waals surface area contributed by atoms with Crippen LogP contribution in [0.5, 0.6) is 11.5 Å². The van der Waals surface area contributed by atoms with Gasteiger partial charge in [-0.2, -0.15) is 0 Å². The van der Waals surface area contributed by atoms with Crippen molar-refractivity contribution < 1.29 is 33.7 Å². The van der Waals surface area contributed by atoms with Crippen molar-refractivity contribution in [2.24, 2.45) is 11.8 Å². The first-order chi connectivity index (χ1) is 17.2. The predicted octanol–water partition coefficient (Wildman–Crippen LogP) is 3.44. The first-order valence-electron chi connectivity index (χ1n) is 12.2. The highest BCUT2D eigenvalue weighted by atomic mass is 16.6. The van der Waals surface area contributed by atoms with E-state index in [1.807, 2.05) is 30.3 Å². The number of hydrogen-bond donors (Lipinski definition) is 2. The number of methoxy groups -OCH3 is 1. The molecule has 1 aromatic heterocycles. The Bertz CT molecular complexity index is 1060. The lowest BCUT2D eigenvalue weighted by atomic mass is 9.86. The SMILES string of the molecule is COc1ccnc(C(=O)N[C@H]2CCC[C@H](Cc3ccccc3)[C@@H](OC(=O)C(C)C)[C@H](C)OC2=O)c1O. The molecular formula is C27H34N2O7. The number of pyridine rings is 1. The molecule has 1 saturated heterocycles. The largest absolute Gasteiger partial charge is 0.503 e. The molecule has 1 amide bonds. The maximum absolute atomic E-state index is 13.1. The third kappa shape index (κ3) is 6.74. The first kappa shape index (κ1) is 27.0. The van der Waals surface area contributed by atoms with Gasteiger partial charge in [-0.05, 0) is 31.7 Å². The summed E-state index contributed by atoms with van der Waals surface area (Å²) in [7, 11) is 1.36. The minimum Gasteiger partial charge on any atom is -0.503 e.